The van der Waals surface area contributed by atoms with Crippen molar-refractivity contribution in [2.75, 3.05) is 19.7 Å². The molecule has 0 radical (unpaired) electrons. The Morgan fingerprint density at radius 3 is 2.47 bits per heavy atom. The Kier molecular flexibility index (Phi) is 4.10. The van der Waals surface area contributed by atoms with Crippen LogP contribution in [-0.4, -0.2) is 35.7 Å². The minimum atomic E-state index is -0.232. The van der Waals surface area contributed by atoms with Crippen molar-refractivity contribution in [3.8, 4) is 0 Å². The fraction of sp³-hybridized carbons (Fsp3) is 0.538. The molecule has 94 valence electrons. The van der Waals surface area contributed by atoms with E-state index in [1.165, 1.54) is 12.1 Å². The molecule has 17 heavy (non-hydrogen) atoms. The van der Waals surface area contributed by atoms with Gasteiger partial charge in [-0.05, 0) is 30.5 Å². The summed E-state index contributed by atoms with van der Waals surface area (Å²) in [5.41, 5.74) is 6.84. The molecule has 0 saturated heterocycles. The van der Waals surface area contributed by atoms with Crippen molar-refractivity contribution in [2.24, 2.45) is 5.73 Å². The Balaban J connectivity index is 2.15. The van der Waals surface area contributed by atoms with Gasteiger partial charge in [0.05, 0.1) is 6.61 Å². The standard InChI is InChI=1S/C13H19FN2O/c14-11-3-1-10(2-4-11)13(9-15)16(7-8-17)12-5-6-12/h1-4,12-13,17H,5-9,15H2. The smallest absolute Gasteiger partial charge is 0.123 e. The molecule has 0 bridgehead atoms. The monoisotopic (exact) mass is 238 g/mol. The maximum absolute atomic E-state index is 12.9. The van der Waals surface area contributed by atoms with Crippen LogP contribution in [0.15, 0.2) is 24.3 Å². The van der Waals surface area contributed by atoms with E-state index in [0.29, 0.717) is 19.1 Å². The van der Waals surface area contributed by atoms with E-state index in [0.717, 1.165) is 18.4 Å². The third kappa shape index (κ3) is 3.03. The quantitative estimate of drug-likeness (QED) is 0.785. The Bertz CT molecular complexity index is 351. The van der Waals surface area contributed by atoms with E-state index in [-0.39, 0.29) is 18.5 Å². The van der Waals surface area contributed by atoms with E-state index < -0.39 is 0 Å². The topological polar surface area (TPSA) is 49.5 Å². The molecule has 0 aromatic heterocycles. The highest BCUT2D eigenvalue weighted by Crippen LogP contribution is 2.33. The first-order valence-corrected chi connectivity index (χ1v) is 6.08. The summed E-state index contributed by atoms with van der Waals surface area (Å²) < 4.78 is 12.9. The number of rotatable bonds is 6. The average molecular weight is 238 g/mol. The number of aliphatic hydroxyl groups is 1. The molecular weight excluding hydrogens is 219 g/mol. The van der Waals surface area contributed by atoms with Gasteiger partial charge in [0.2, 0.25) is 0 Å². The lowest BCUT2D eigenvalue weighted by Gasteiger charge is -2.30. The molecule has 1 atom stereocenters. The molecule has 3 N–H and O–H groups in total. The summed E-state index contributed by atoms with van der Waals surface area (Å²) in [7, 11) is 0. The van der Waals surface area contributed by atoms with Crippen LogP contribution in [0.5, 0.6) is 0 Å². The zero-order chi connectivity index (χ0) is 12.3. The van der Waals surface area contributed by atoms with Gasteiger partial charge >= 0.3 is 0 Å². The normalized spacial score (nSPS) is 17.4. The number of benzene rings is 1. The maximum Gasteiger partial charge on any atom is 0.123 e. The van der Waals surface area contributed by atoms with Crippen LogP contribution in [0, 0.1) is 5.82 Å². The number of nitrogens with two attached hydrogens (primary N) is 1. The molecule has 1 aliphatic carbocycles. The Morgan fingerprint density at radius 2 is 2.00 bits per heavy atom. The summed E-state index contributed by atoms with van der Waals surface area (Å²) >= 11 is 0. The summed E-state index contributed by atoms with van der Waals surface area (Å²) in [5, 5.41) is 9.11. The molecule has 2 rings (SSSR count). The van der Waals surface area contributed by atoms with Crippen LogP contribution in [0.3, 0.4) is 0 Å². The molecule has 0 amide bonds. The molecule has 3 nitrogen and oxygen atoms in total. The highest BCUT2D eigenvalue weighted by Gasteiger charge is 2.33. The Labute approximate surface area is 101 Å². The average Bonchev–Trinajstić information content (AvgIpc) is 3.15. The zero-order valence-electron chi connectivity index (χ0n) is 9.85. The van der Waals surface area contributed by atoms with Crippen molar-refractivity contribution in [3.05, 3.63) is 35.6 Å². The molecule has 1 saturated carbocycles. The number of hydrogen-bond donors (Lipinski definition) is 2. The predicted octanol–water partition coefficient (Wildman–Crippen LogP) is 1.28. The first kappa shape index (κ1) is 12.5. The first-order chi connectivity index (χ1) is 8.26. The summed E-state index contributed by atoms with van der Waals surface area (Å²) in [6, 6.07) is 7.08. The van der Waals surface area contributed by atoms with Crippen LogP contribution in [-0.2, 0) is 0 Å². The number of aliphatic hydroxyl groups excluding tert-OH is 1. The van der Waals surface area contributed by atoms with Crippen molar-refractivity contribution in [3.63, 3.8) is 0 Å². The van der Waals surface area contributed by atoms with E-state index in [1.54, 1.807) is 12.1 Å². The van der Waals surface area contributed by atoms with E-state index in [9.17, 15) is 4.39 Å². The fourth-order valence-electron chi connectivity index (χ4n) is 2.26. The second kappa shape index (κ2) is 5.58. The third-order valence-corrected chi connectivity index (χ3v) is 3.25. The van der Waals surface area contributed by atoms with Gasteiger partial charge in [-0.15, -0.1) is 0 Å². The SMILES string of the molecule is NCC(c1ccc(F)cc1)N(CCO)C1CC1. The lowest BCUT2D eigenvalue weighted by Crippen LogP contribution is -2.37. The van der Waals surface area contributed by atoms with Crippen molar-refractivity contribution < 1.29 is 9.50 Å². The second-order valence-electron chi connectivity index (χ2n) is 4.50. The first-order valence-electron chi connectivity index (χ1n) is 6.08. The molecule has 0 spiro atoms. The summed E-state index contributed by atoms with van der Waals surface area (Å²) in [6.07, 6.45) is 2.33. The van der Waals surface area contributed by atoms with Crippen LogP contribution in [0.25, 0.3) is 0 Å². The molecule has 1 aliphatic rings. The predicted molar refractivity (Wildman–Crippen MR) is 65.0 cm³/mol. The van der Waals surface area contributed by atoms with Crippen LogP contribution < -0.4 is 5.73 Å². The van der Waals surface area contributed by atoms with E-state index in [4.69, 9.17) is 10.8 Å². The van der Waals surface area contributed by atoms with E-state index >= 15 is 0 Å². The van der Waals surface area contributed by atoms with Gasteiger partial charge in [0.1, 0.15) is 5.82 Å². The maximum atomic E-state index is 12.9. The zero-order valence-corrected chi connectivity index (χ0v) is 9.85. The molecule has 1 unspecified atom stereocenters. The molecule has 4 heteroatoms. The minimum Gasteiger partial charge on any atom is -0.395 e. The van der Waals surface area contributed by atoms with Gasteiger partial charge in [0.25, 0.3) is 0 Å². The van der Waals surface area contributed by atoms with Crippen molar-refractivity contribution in [1.82, 2.24) is 4.90 Å². The second-order valence-corrected chi connectivity index (χ2v) is 4.50. The highest BCUT2D eigenvalue weighted by atomic mass is 19.1. The van der Waals surface area contributed by atoms with Gasteiger partial charge in [-0.25, -0.2) is 4.39 Å². The van der Waals surface area contributed by atoms with E-state index in [2.05, 4.69) is 4.90 Å². The summed E-state index contributed by atoms with van der Waals surface area (Å²) in [4.78, 5) is 2.23. The molecule has 1 fully saturated rings. The molecule has 1 aromatic carbocycles. The van der Waals surface area contributed by atoms with Gasteiger partial charge in [0, 0.05) is 25.2 Å². The Morgan fingerprint density at radius 1 is 1.35 bits per heavy atom. The van der Waals surface area contributed by atoms with Crippen LogP contribution in [0.4, 0.5) is 4.39 Å². The summed E-state index contributed by atoms with van der Waals surface area (Å²) in [5.74, 6) is -0.232. The number of halogens is 1. The van der Waals surface area contributed by atoms with Crippen LogP contribution in [0.1, 0.15) is 24.4 Å². The largest absolute Gasteiger partial charge is 0.395 e. The molecule has 0 heterocycles. The van der Waals surface area contributed by atoms with Crippen LogP contribution >= 0.6 is 0 Å². The molecule has 1 aromatic rings. The van der Waals surface area contributed by atoms with E-state index in [1.807, 2.05) is 0 Å². The van der Waals surface area contributed by atoms with Crippen molar-refractivity contribution in [2.45, 2.75) is 24.9 Å². The van der Waals surface area contributed by atoms with Gasteiger partial charge < -0.3 is 10.8 Å². The lowest BCUT2D eigenvalue weighted by molar-refractivity contribution is 0.145. The minimum absolute atomic E-state index is 0.0789. The Hall–Kier alpha value is -0.970. The third-order valence-electron chi connectivity index (χ3n) is 3.25. The van der Waals surface area contributed by atoms with Crippen molar-refractivity contribution >= 4 is 0 Å². The van der Waals surface area contributed by atoms with Crippen molar-refractivity contribution in [1.29, 1.82) is 0 Å². The van der Waals surface area contributed by atoms with Gasteiger partial charge in [-0.1, -0.05) is 12.1 Å². The number of nitrogens with zero attached hydrogens (tertiary/aromatic N) is 1. The van der Waals surface area contributed by atoms with Gasteiger partial charge in [-0.2, -0.15) is 0 Å². The lowest BCUT2D eigenvalue weighted by atomic mass is 10.0. The highest BCUT2D eigenvalue weighted by molar-refractivity contribution is 5.21. The molecular formula is C13H19FN2O. The van der Waals surface area contributed by atoms with Gasteiger partial charge in [0.15, 0.2) is 0 Å². The van der Waals surface area contributed by atoms with Gasteiger partial charge in [-0.3, -0.25) is 4.90 Å². The molecule has 0 aliphatic heterocycles. The fourth-order valence-corrected chi connectivity index (χ4v) is 2.26. The summed E-state index contributed by atoms with van der Waals surface area (Å²) in [6.45, 7) is 1.25. The van der Waals surface area contributed by atoms with Crippen LogP contribution in [0.2, 0.25) is 0 Å². The number of hydrogen-bond acceptors (Lipinski definition) is 3.